The van der Waals surface area contributed by atoms with Gasteiger partial charge in [-0.05, 0) is 32.8 Å². The van der Waals surface area contributed by atoms with Gasteiger partial charge in [-0.1, -0.05) is 12.8 Å². The van der Waals surface area contributed by atoms with Crippen LogP contribution in [0.25, 0.3) is 5.65 Å². The summed E-state index contributed by atoms with van der Waals surface area (Å²) >= 11 is 0. The van der Waals surface area contributed by atoms with E-state index in [9.17, 15) is 9.90 Å². The average molecular weight is 288 g/mol. The molecule has 6 heteroatoms. The quantitative estimate of drug-likeness (QED) is 0.875. The molecule has 2 atom stereocenters. The normalized spacial score (nSPS) is 22.4. The molecule has 2 aromatic rings. The van der Waals surface area contributed by atoms with Crippen molar-refractivity contribution in [2.45, 2.75) is 51.7 Å². The van der Waals surface area contributed by atoms with E-state index in [-0.39, 0.29) is 11.9 Å². The van der Waals surface area contributed by atoms with Crippen molar-refractivity contribution in [3.05, 3.63) is 29.2 Å². The van der Waals surface area contributed by atoms with Crippen LogP contribution in [-0.4, -0.2) is 37.8 Å². The summed E-state index contributed by atoms with van der Waals surface area (Å²) in [6.45, 7) is 3.83. The third-order valence-electron chi connectivity index (χ3n) is 4.07. The van der Waals surface area contributed by atoms with Crippen molar-refractivity contribution in [2.24, 2.45) is 0 Å². The lowest BCUT2D eigenvalue weighted by atomic mass is 9.92. The molecule has 2 N–H and O–H groups in total. The number of carbonyl (C=O) groups excluding carboxylic acids is 1. The summed E-state index contributed by atoms with van der Waals surface area (Å²) in [7, 11) is 0. The smallest absolute Gasteiger partial charge is 0.257 e. The first-order valence-corrected chi connectivity index (χ1v) is 7.37. The molecule has 0 radical (unpaired) electrons. The fraction of sp³-hybridized carbons (Fsp3) is 0.533. The van der Waals surface area contributed by atoms with E-state index in [1.54, 1.807) is 10.7 Å². The maximum absolute atomic E-state index is 12.4. The molecular formula is C15H20N4O2. The van der Waals surface area contributed by atoms with Gasteiger partial charge in [0, 0.05) is 11.4 Å². The van der Waals surface area contributed by atoms with Crippen molar-refractivity contribution in [1.29, 1.82) is 0 Å². The minimum absolute atomic E-state index is 0.174. The Kier molecular flexibility index (Phi) is 3.63. The lowest BCUT2D eigenvalue weighted by Gasteiger charge is -2.28. The van der Waals surface area contributed by atoms with E-state index in [0.29, 0.717) is 11.2 Å². The zero-order valence-corrected chi connectivity index (χ0v) is 12.3. The molecule has 1 aliphatic carbocycles. The number of aromatic nitrogens is 3. The summed E-state index contributed by atoms with van der Waals surface area (Å²) in [6.07, 6.45) is 4.70. The van der Waals surface area contributed by atoms with E-state index in [2.05, 4.69) is 15.4 Å². The molecule has 2 unspecified atom stereocenters. The molecule has 1 aliphatic rings. The number of hydrogen-bond donors (Lipinski definition) is 2. The molecule has 1 amide bonds. The maximum atomic E-state index is 12.4. The van der Waals surface area contributed by atoms with Gasteiger partial charge in [0.25, 0.3) is 5.91 Å². The Morgan fingerprint density at radius 1 is 1.38 bits per heavy atom. The number of aliphatic hydroxyl groups is 1. The van der Waals surface area contributed by atoms with Gasteiger partial charge in [0.2, 0.25) is 0 Å². The monoisotopic (exact) mass is 288 g/mol. The number of carbonyl (C=O) groups is 1. The van der Waals surface area contributed by atoms with Crippen LogP contribution < -0.4 is 5.32 Å². The molecule has 6 nitrogen and oxygen atoms in total. The molecule has 21 heavy (non-hydrogen) atoms. The van der Waals surface area contributed by atoms with Crippen molar-refractivity contribution in [3.8, 4) is 0 Å². The highest BCUT2D eigenvalue weighted by Gasteiger charge is 2.26. The number of aryl methyl sites for hydroxylation is 2. The lowest BCUT2D eigenvalue weighted by molar-refractivity contribution is 0.0718. The maximum Gasteiger partial charge on any atom is 0.257 e. The fourth-order valence-electron chi connectivity index (χ4n) is 2.96. The summed E-state index contributed by atoms with van der Waals surface area (Å²) in [5.74, 6) is -0.214. The first-order chi connectivity index (χ1) is 10.1. The highest BCUT2D eigenvalue weighted by molar-refractivity contribution is 5.99. The van der Waals surface area contributed by atoms with Gasteiger partial charge in [-0.2, -0.15) is 5.10 Å². The fourth-order valence-corrected chi connectivity index (χ4v) is 2.96. The van der Waals surface area contributed by atoms with Crippen molar-refractivity contribution < 1.29 is 9.90 Å². The van der Waals surface area contributed by atoms with Gasteiger partial charge in [-0.15, -0.1) is 0 Å². The van der Waals surface area contributed by atoms with Gasteiger partial charge in [0.15, 0.2) is 5.65 Å². The molecule has 3 rings (SSSR count). The predicted octanol–water partition coefficient (Wildman–Crippen LogP) is 1.38. The Morgan fingerprint density at radius 2 is 2.14 bits per heavy atom. The Morgan fingerprint density at radius 3 is 2.90 bits per heavy atom. The van der Waals surface area contributed by atoms with E-state index in [4.69, 9.17) is 0 Å². The number of nitrogens with one attached hydrogen (secondary N) is 1. The topological polar surface area (TPSA) is 79.5 Å². The first-order valence-electron chi connectivity index (χ1n) is 7.37. The van der Waals surface area contributed by atoms with E-state index in [1.807, 2.05) is 19.9 Å². The second-order valence-electron chi connectivity index (χ2n) is 5.76. The molecule has 2 aromatic heterocycles. The minimum Gasteiger partial charge on any atom is -0.391 e. The van der Waals surface area contributed by atoms with Crippen LogP contribution in [0.1, 0.15) is 47.4 Å². The number of amides is 1. The lowest BCUT2D eigenvalue weighted by Crippen LogP contribution is -2.45. The van der Waals surface area contributed by atoms with Gasteiger partial charge >= 0.3 is 0 Å². The van der Waals surface area contributed by atoms with E-state index >= 15 is 0 Å². The first kappa shape index (κ1) is 14.0. The highest BCUT2D eigenvalue weighted by Crippen LogP contribution is 2.19. The van der Waals surface area contributed by atoms with Crippen LogP contribution in [0.4, 0.5) is 0 Å². The van der Waals surface area contributed by atoms with E-state index < -0.39 is 6.10 Å². The largest absolute Gasteiger partial charge is 0.391 e. The van der Waals surface area contributed by atoms with Crippen LogP contribution in [0.2, 0.25) is 0 Å². The Labute approximate surface area is 123 Å². The zero-order chi connectivity index (χ0) is 15.0. The predicted molar refractivity (Wildman–Crippen MR) is 78.2 cm³/mol. The minimum atomic E-state index is -0.457. The van der Waals surface area contributed by atoms with Gasteiger partial charge < -0.3 is 10.4 Å². The molecule has 0 aromatic carbocycles. The number of rotatable bonds is 2. The van der Waals surface area contributed by atoms with E-state index in [0.717, 1.165) is 37.1 Å². The molecule has 1 saturated carbocycles. The molecule has 0 saturated heterocycles. The SMILES string of the molecule is Cc1cc(C)n2ncc(C(=O)NC3CCCCC3O)c2n1. The number of hydrogen-bond acceptors (Lipinski definition) is 4. The Hall–Kier alpha value is -1.95. The average Bonchev–Trinajstić information content (AvgIpc) is 2.85. The van der Waals surface area contributed by atoms with Crippen LogP contribution in [0.5, 0.6) is 0 Å². The van der Waals surface area contributed by atoms with Gasteiger partial charge in [-0.25, -0.2) is 9.50 Å². The highest BCUT2D eigenvalue weighted by atomic mass is 16.3. The van der Waals surface area contributed by atoms with Crippen molar-refractivity contribution >= 4 is 11.6 Å². The van der Waals surface area contributed by atoms with Gasteiger partial charge in [0.05, 0.1) is 18.3 Å². The summed E-state index contributed by atoms with van der Waals surface area (Å²) in [6, 6.07) is 1.75. The summed E-state index contributed by atoms with van der Waals surface area (Å²) < 4.78 is 1.67. The van der Waals surface area contributed by atoms with E-state index in [1.165, 1.54) is 0 Å². The van der Waals surface area contributed by atoms with Crippen LogP contribution in [0.15, 0.2) is 12.3 Å². The number of aliphatic hydroxyl groups excluding tert-OH is 1. The van der Waals surface area contributed by atoms with Crippen molar-refractivity contribution in [3.63, 3.8) is 0 Å². The third-order valence-corrected chi connectivity index (χ3v) is 4.07. The standard InChI is InChI=1S/C15H20N4O2/c1-9-7-10(2)19-14(17-9)11(8-16-19)15(21)18-12-5-3-4-6-13(12)20/h7-8,12-13,20H,3-6H2,1-2H3,(H,18,21). The molecule has 0 spiro atoms. The summed E-state index contributed by atoms with van der Waals surface area (Å²) in [4.78, 5) is 16.8. The third kappa shape index (κ3) is 2.63. The zero-order valence-electron chi connectivity index (χ0n) is 12.3. The molecule has 0 aliphatic heterocycles. The molecular weight excluding hydrogens is 268 g/mol. The number of fused-ring (bicyclic) bond motifs is 1. The summed E-state index contributed by atoms with van der Waals surface area (Å²) in [5, 5.41) is 17.1. The van der Waals surface area contributed by atoms with Crippen molar-refractivity contribution in [1.82, 2.24) is 19.9 Å². The Bertz CT molecular complexity index is 680. The van der Waals surface area contributed by atoms with Crippen LogP contribution in [0, 0.1) is 13.8 Å². The Balaban J connectivity index is 1.88. The van der Waals surface area contributed by atoms with Gasteiger partial charge in [0.1, 0.15) is 5.56 Å². The number of nitrogens with zero attached hydrogens (tertiary/aromatic N) is 3. The van der Waals surface area contributed by atoms with Crippen molar-refractivity contribution in [2.75, 3.05) is 0 Å². The summed E-state index contributed by atoms with van der Waals surface area (Å²) in [5.41, 5.74) is 2.82. The molecule has 2 heterocycles. The second-order valence-corrected chi connectivity index (χ2v) is 5.76. The van der Waals surface area contributed by atoms with Crippen LogP contribution in [-0.2, 0) is 0 Å². The molecule has 1 fully saturated rings. The van der Waals surface area contributed by atoms with Crippen LogP contribution >= 0.6 is 0 Å². The molecule has 0 bridgehead atoms. The molecule has 112 valence electrons. The van der Waals surface area contributed by atoms with Crippen LogP contribution in [0.3, 0.4) is 0 Å². The van der Waals surface area contributed by atoms with Gasteiger partial charge in [-0.3, -0.25) is 4.79 Å². The second kappa shape index (κ2) is 5.44.